The molecule has 0 aromatic carbocycles. The topological polar surface area (TPSA) is 61.4 Å². The maximum atomic E-state index is 12.8. The van der Waals surface area contributed by atoms with Crippen LogP contribution >= 0.6 is 0 Å². The fourth-order valence-corrected chi connectivity index (χ4v) is 5.01. The van der Waals surface area contributed by atoms with Crippen LogP contribution in [-0.2, 0) is 4.79 Å². The minimum absolute atomic E-state index is 0.155. The average Bonchev–Trinajstić information content (AvgIpc) is 3.03. The number of aromatic nitrogens is 2. The van der Waals surface area contributed by atoms with Crippen LogP contribution in [0.15, 0.2) is 12.5 Å². The van der Waals surface area contributed by atoms with E-state index in [0.29, 0.717) is 6.04 Å². The van der Waals surface area contributed by atoms with Gasteiger partial charge in [-0.15, -0.1) is 0 Å². The average molecular weight is 386 g/mol. The van der Waals surface area contributed by atoms with Crippen LogP contribution in [0.25, 0.3) is 0 Å². The van der Waals surface area contributed by atoms with E-state index in [1.807, 2.05) is 6.20 Å². The van der Waals surface area contributed by atoms with Gasteiger partial charge in [-0.1, -0.05) is 25.7 Å². The molecule has 0 unspecified atom stereocenters. The zero-order chi connectivity index (χ0) is 19.2. The normalized spacial score (nSPS) is 22.7. The fraction of sp³-hybridized carbons (Fsp3) is 0.773. The monoisotopic (exact) mass is 385 g/mol. The number of nitrogens with one attached hydrogen (secondary N) is 1. The van der Waals surface area contributed by atoms with Gasteiger partial charge in [-0.3, -0.25) is 4.79 Å². The smallest absolute Gasteiger partial charge is 0.223 e. The number of anilines is 2. The molecule has 1 aromatic heterocycles. The van der Waals surface area contributed by atoms with Gasteiger partial charge in [0, 0.05) is 38.1 Å². The maximum absolute atomic E-state index is 12.8. The lowest BCUT2D eigenvalue weighted by Crippen LogP contribution is -2.44. The van der Waals surface area contributed by atoms with E-state index in [2.05, 4.69) is 25.1 Å². The van der Waals surface area contributed by atoms with E-state index in [4.69, 9.17) is 0 Å². The number of piperidine rings is 2. The van der Waals surface area contributed by atoms with E-state index >= 15 is 0 Å². The second kappa shape index (κ2) is 9.57. The summed E-state index contributed by atoms with van der Waals surface area (Å²) >= 11 is 0. The van der Waals surface area contributed by atoms with Crippen molar-refractivity contribution in [1.29, 1.82) is 0 Å². The van der Waals surface area contributed by atoms with Gasteiger partial charge in [-0.25, -0.2) is 9.97 Å². The molecule has 3 fully saturated rings. The Balaban J connectivity index is 1.33. The zero-order valence-corrected chi connectivity index (χ0v) is 17.1. The van der Waals surface area contributed by atoms with Crippen LogP contribution in [0, 0.1) is 5.92 Å². The van der Waals surface area contributed by atoms with Gasteiger partial charge in [0.1, 0.15) is 6.33 Å². The van der Waals surface area contributed by atoms with Crippen LogP contribution in [0.3, 0.4) is 0 Å². The van der Waals surface area contributed by atoms with Crippen LogP contribution in [0.5, 0.6) is 0 Å². The van der Waals surface area contributed by atoms with Gasteiger partial charge in [0.2, 0.25) is 5.91 Å². The molecular formula is C22H35N5O. The van der Waals surface area contributed by atoms with Crippen molar-refractivity contribution in [3.05, 3.63) is 12.5 Å². The number of hydrogen-bond acceptors (Lipinski definition) is 5. The van der Waals surface area contributed by atoms with Crippen molar-refractivity contribution in [1.82, 2.24) is 15.3 Å². The Hall–Kier alpha value is -1.85. The Labute approximate surface area is 169 Å². The Bertz CT molecular complexity index is 630. The van der Waals surface area contributed by atoms with Crippen molar-refractivity contribution in [2.75, 3.05) is 36.0 Å². The Morgan fingerprint density at radius 3 is 2.25 bits per heavy atom. The predicted molar refractivity (Wildman–Crippen MR) is 113 cm³/mol. The molecule has 4 rings (SSSR count). The first kappa shape index (κ1) is 19.5. The molecule has 0 atom stereocenters. The fourth-order valence-electron chi connectivity index (χ4n) is 5.01. The molecule has 1 aliphatic carbocycles. The second-order valence-corrected chi connectivity index (χ2v) is 8.74. The summed E-state index contributed by atoms with van der Waals surface area (Å²) < 4.78 is 0. The van der Waals surface area contributed by atoms with Crippen LogP contribution in [0.2, 0.25) is 0 Å². The molecule has 2 aliphatic heterocycles. The molecule has 28 heavy (non-hydrogen) atoms. The molecule has 1 saturated carbocycles. The molecule has 2 saturated heterocycles. The number of carbonyl (C=O) groups excluding carboxylic acids is 1. The van der Waals surface area contributed by atoms with Crippen LogP contribution < -0.4 is 15.1 Å². The third kappa shape index (κ3) is 4.76. The highest BCUT2D eigenvalue weighted by Crippen LogP contribution is 2.31. The van der Waals surface area contributed by atoms with Crippen LogP contribution in [-0.4, -0.2) is 48.1 Å². The Kier molecular flexibility index (Phi) is 6.65. The first-order valence-electron chi connectivity index (χ1n) is 11.4. The summed E-state index contributed by atoms with van der Waals surface area (Å²) in [5, 5.41) is 3.36. The third-order valence-electron chi connectivity index (χ3n) is 6.74. The van der Waals surface area contributed by atoms with Crippen molar-refractivity contribution in [2.24, 2.45) is 5.92 Å². The lowest BCUT2D eigenvalue weighted by atomic mass is 9.94. The molecule has 6 heteroatoms. The number of amides is 1. The van der Waals surface area contributed by atoms with Crippen molar-refractivity contribution < 1.29 is 4.79 Å². The summed E-state index contributed by atoms with van der Waals surface area (Å²) in [6.07, 6.45) is 16.8. The summed E-state index contributed by atoms with van der Waals surface area (Å²) in [4.78, 5) is 26.5. The van der Waals surface area contributed by atoms with Gasteiger partial charge in [-0.05, 0) is 44.9 Å². The van der Waals surface area contributed by atoms with Crippen molar-refractivity contribution in [3.8, 4) is 0 Å². The summed E-state index contributed by atoms with van der Waals surface area (Å²) in [5.74, 6) is 1.52. The molecule has 154 valence electrons. The molecule has 1 aromatic rings. The van der Waals surface area contributed by atoms with E-state index < -0.39 is 0 Å². The number of carbonyl (C=O) groups is 1. The van der Waals surface area contributed by atoms with Gasteiger partial charge < -0.3 is 15.1 Å². The standard InChI is InChI=1S/C22H35N5O/c28-22(25-19-8-4-1-2-5-9-19)18-10-14-26(15-11-18)20-16-23-17-24-21(20)27-12-6-3-7-13-27/h16-19H,1-15H2,(H,25,28). The van der Waals surface area contributed by atoms with Gasteiger partial charge >= 0.3 is 0 Å². The number of hydrogen-bond donors (Lipinski definition) is 1. The Morgan fingerprint density at radius 1 is 0.857 bits per heavy atom. The van der Waals surface area contributed by atoms with E-state index in [1.165, 1.54) is 44.9 Å². The molecule has 0 radical (unpaired) electrons. The zero-order valence-electron chi connectivity index (χ0n) is 17.1. The van der Waals surface area contributed by atoms with Gasteiger partial charge in [0.05, 0.1) is 11.9 Å². The predicted octanol–water partition coefficient (Wildman–Crippen LogP) is 3.52. The third-order valence-corrected chi connectivity index (χ3v) is 6.74. The van der Waals surface area contributed by atoms with E-state index in [9.17, 15) is 4.79 Å². The molecule has 1 amide bonds. The molecule has 0 spiro atoms. The van der Waals surface area contributed by atoms with Crippen LogP contribution in [0.1, 0.15) is 70.6 Å². The minimum atomic E-state index is 0.155. The van der Waals surface area contributed by atoms with Crippen molar-refractivity contribution >= 4 is 17.4 Å². The summed E-state index contributed by atoms with van der Waals surface area (Å²) in [6, 6.07) is 0.404. The highest BCUT2D eigenvalue weighted by Gasteiger charge is 2.29. The molecular weight excluding hydrogens is 350 g/mol. The molecule has 3 heterocycles. The van der Waals surface area contributed by atoms with Crippen molar-refractivity contribution in [3.63, 3.8) is 0 Å². The lowest BCUT2D eigenvalue weighted by molar-refractivity contribution is -0.126. The summed E-state index contributed by atoms with van der Waals surface area (Å²) in [6.45, 7) is 4.00. The van der Waals surface area contributed by atoms with E-state index in [0.717, 1.165) is 63.4 Å². The summed E-state index contributed by atoms with van der Waals surface area (Å²) in [7, 11) is 0. The van der Waals surface area contributed by atoms with E-state index in [-0.39, 0.29) is 11.8 Å². The molecule has 6 nitrogen and oxygen atoms in total. The number of nitrogens with zero attached hydrogens (tertiary/aromatic N) is 4. The van der Waals surface area contributed by atoms with Gasteiger partial charge in [-0.2, -0.15) is 0 Å². The minimum Gasteiger partial charge on any atom is -0.367 e. The lowest BCUT2D eigenvalue weighted by Gasteiger charge is -2.36. The molecule has 1 N–H and O–H groups in total. The van der Waals surface area contributed by atoms with Gasteiger partial charge in [0.25, 0.3) is 0 Å². The Morgan fingerprint density at radius 2 is 1.54 bits per heavy atom. The SMILES string of the molecule is O=C(NC1CCCCCC1)C1CCN(c2cncnc2N2CCCCC2)CC1. The molecule has 0 bridgehead atoms. The van der Waals surface area contributed by atoms with E-state index in [1.54, 1.807) is 6.33 Å². The largest absolute Gasteiger partial charge is 0.367 e. The van der Waals surface area contributed by atoms with Crippen molar-refractivity contribution in [2.45, 2.75) is 76.7 Å². The van der Waals surface area contributed by atoms with Gasteiger partial charge in [0.15, 0.2) is 5.82 Å². The highest BCUT2D eigenvalue weighted by molar-refractivity contribution is 5.79. The summed E-state index contributed by atoms with van der Waals surface area (Å²) in [5.41, 5.74) is 1.15. The maximum Gasteiger partial charge on any atom is 0.223 e. The molecule has 3 aliphatic rings. The first-order chi connectivity index (χ1) is 13.8. The highest BCUT2D eigenvalue weighted by atomic mass is 16.1. The number of rotatable bonds is 4. The second-order valence-electron chi connectivity index (χ2n) is 8.74. The van der Waals surface area contributed by atoms with Crippen LogP contribution in [0.4, 0.5) is 11.5 Å². The quantitative estimate of drug-likeness (QED) is 0.804. The first-order valence-corrected chi connectivity index (χ1v) is 11.4.